The molecule has 0 saturated heterocycles. The standard InChI is InChI=1S/C15H14F3NO/c1-14(2,3)13(20)11(9-19)7-10-5-4-6-12(8-10)15(16,17)18/h4-8H,1-3H3/b11-7+. The Morgan fingerprint density at radius 3 is 2.30 bits per heavy atom. The summed E-state index contributed by atoms with van der Waals surface area (Å²) in [6.45, 7) is 4.94. The van der Waals surface area contributed by atoms with E-state index in [2.05, 4.69) is 0 Å². The maximum atomic E-state index is 12.6. The highest BCUT2D eigenvalue weighted by molar-refractivity contribution is 6.06. The summed E-state index contributed by atoms with van der Waals surface area (Å²) in [7, 11) is 0. The molecule has 1 aromatic rings. The lowest BCUT2D eigenvalue weighted by Gasteiger charge is -2.15. The molecule has 0 N–H and O–H groups in total. The lowest BCUT2D eigenvalue weighted by molar-refractivity contribution is -0.137. The molecular weight excluding hydrogens is 267 g/mol. The number of hydrogen-bond donors (Lipinski definition) is 0. The summed E-state index contributed by atoms with van der Waals surface area (Å²) < 4.78 is 37.7. The average molecular weight is 281 g/mol. The van der Waals surface area contributed by atoms with Crippen LogP contribution in [-0.2, 0) is 11.0 Å². The van der Waals surface area contributed by atoms with E-state index in [0.717, 1.165) is 12.1 Å². The number of alkyl halides is 3. The monoisotopic (exact) mass is 281 g/mol. The van der Waals surface area contributed by atoms with Crippen molar-refractivity contribution in [3.8, 4) is 6.07 Å². The minimum atomic E-state index is -4.45. The zero-order chi connectivity index (χ0) is 15.6. The van der Waals surface area contributed by atoms with Crippen LogP contribution in [-0.4, -0.2) is 5.78 Å². The lowest BCUT2D eigenvalue weighted by atomic mass is 9.86. The predicted octanol–water partition coefficient (Wildman–Crippen LogP) is 4.23. The first-order valence-corrected chi connectivity index (χ1v) is 5.89. The molecule has 0 atom stereocenters. The van der Waals surface area contributed by atoms with Gasteiger partial charge in [-0.05, 0) is 23.8 Å². The molecule has 1 rings (SSSR count). The van der Waals surface area contributed by atoms with Crippen LogP contribution in [0.2, 0.25) is 0 Å². The number of allylic oxidation sites excluding steroid dienone is 1. The third-order valence-corrected chi connectivity index (χ3v) is 2.57. The number of rotatable bonds is 2. The van der Waals surface area contributed by atoms with Crippen molar-refractivity contribution in [3.63, 3.8) is 0 Å². The van der Waals surface area contributed by atoms with E-state index < -0.39 is 22.9 Å². The molecule has 106 valence electrons. The minimum absolute atomic E-state index is 0.156. The van der Waals surface area contributed by atoms with Crippen molar-refractivity contribution in [2.75, 3.05) is 0 Å². The highest BCUT2D eigenvalue weighted by atomic mass is 19.4. The predicted molar refractivity (Wildman–Crippen MR) is 69.5 cm³/mol. The van der Waals surface area contributed by atoms with E-state index in [1.54, 1.807) is 26.8 Å². The summed E-state index contributed by atoms with van der Waals surface area (Å²) in [6, 6.07) is 6.26. The number of hydrogen-bond acceptors (Lipinski definition) is 2. The van der Waals surface area contributed by atoms with Crippen molar-refractivity contribution in [2.24, 2.45) is 5.41 Å². The molecular formula is C15H14F3NO. The third kappa shape index (κ3) is 3.95. The van der Waals surface area contributed by atoms with Gasteiger partial charge in [0.25, 0.3) is 0 Å². The normalized spacial score (nSPS) is 12.9. The first-order valence-electron chi connectivity index (χ1n) is 5.89. The molecule has 0 aromatic heterocycles. The van der Waals surface area contributed by atoms with E-state index in [9.17, 15) is 18.0 Å². The van der Waals surface area contributed by atoms with E-state index in [4.69, 9.17) is 5.26 Å². The highest BCUT2D eigenvalue weighted by Crippen LogP contribution is 2.30. The van der Waals surface area contributed by atoms with Crippen molar-refractivity contribution in [1.82, 2.24) is 0 Å². The van der Waals surface area contributed by atoms with Crippen molar-refractivity contribution in [2.45, 2.75) is 26.9 Å². The molecule has 0 fully saturated rings. The van der Waals surface area contributed by atoms with E-state index in [1.165, 1.54) is 18.2 Å². The molecule has 0 amide bonds. The number of nitriles is 1. The van der Waals surface area contributed by atoms with Crippen molar-refractivity contribution in [3.05, 3.63) is 41.0 Å². The second kappa shape index (κ2) is 5.49. The molecule has 0 spiro atoms. The second-order valence-corrected chi connectivity index (χ2v) is 5.37. The third-order valence-electron chi connectivity index (χ3n) is 2.57. The smallest absolute Gasteiger partial charge is 0.293 e. The van der Waals surface area contributed by atoms with Crippen LogP contribution in [0.15, 0.2) is 29.8 Å². The number of benzene rings is 1. The van der Waals surface area contributed by atoms with Gasteiger partial charge >= 0.3 is 6.18 Å². The van der Waals surface area contributed by atoms with Crippen molar-refractivity contribution < 1.29 is 18.0 Å². The van der Waals surface area contributed by atoms with E-state index in [0.29, 0.717) is 0 Å². The number of carbonyl (C=O) groups is 1. The zero-order valence-electron chi connectivity index (χ0n) is 11.4. The SMILES string of the molecule is CC(C)(C)C(=O)/C(C#N)=C/c1cccc(C(F)(F)F)c1. The van der Waals surface area contributed by atoms with Gasteiger partial charge in [-0.1, -0.05) is 32.9 Å². The van der Waals surface area contributed by atoms with Gasteiger partial charge in [0.1, 0.15) is 6.07 Å². The largest absolute Gasteiger partial charge is 0.416 e. The summed E-state index contributed by atoms with van der Waals surface area (Å²) in [5.74, 6) is -0.405. The molecule has 1 aromatic carbocycles. The minimum Gasteiger partial charge on any atom is -0.293 e. The molecule has 0 bridgehead atoms. The van der Waals surface area contributed by atoms with Gasteiger partial charge in [0.2, 0.25) is 0 Å². The van der Waals surface area contributed by atoms with Crippen LogP contribution >= 0.6 is 0 Å². The number of halogens is 3. The molecule has 0 unspecified atom stereocenters. The van der Waals surface area contributed by atoms with Crippen molar-refractivity contribution >= 4 is 11.9 Å². The summed E-state index contributed by atoms with van der Waals surface area (Å²) in [5.41, 5.74) is -1.55. The van der Waals surface area contributed by atoms with Crippen molar-refractivity contribution in [1.29, 1.82) is 5.26 Å². The van der Waals surface area contributed by atoms with E-state index >= 15 is 0 Å². The van der Waals surface area contributed by atoms with Crippen LogP contribution in [0, 0.1) is 16.7 Å². The summed E-state index contributed by atoms with van der Waals surface area (Å²) in [5, 5.41) is 8.99. The van der Waals surface area contributed by atoms with Gasteiger partial charge < -0.3 is 0 Å². The van der Waals surface area contributed by atoms with Gasteiger partial charge in [-0.3, -0.25) is 4.79 Å². The van der Waals surface area contributed by atoms with E-state index in [1.807, 2.05) is 0 Å². The van der Waals surface area contributed by atoms with Crippen LogP contribution < -0.4 is 0 Å². The van der Waals surface area contributed by atoms with Gasteiger partial charge in [0.05, 0.1) is 11.1 Å². The summed E-state index contributed by atoms with van der Waals surface area (Å²) in [4.78, 5) is 12.0. The van der Waals surface area contributed by atoms with Gasteiger partial charge in [-0.25, -0.2) is 0 Å². The molecule has 0 heterocycles. The molecule has 5 heteroatoms. The van der Waals surface area contributed by atoms with Gasteiger partial charge in [-0.2, -0.15) is 18.4 Å². The Morgan fingerprint density at radius 2 is 1.85 bits per heavy atom. The molecule has 2 nitrogen and oxygen atoms in total. The van der Waals surface area contributed by atoms with E-state index in [-0.39, 0.29) is 11.1 Å². The molecule has 0 aliphatic rings. The molecule has 0 aliphatic carbocycles. The second-order valence-electron chi connectivity index (χ2n) is 5.37. The van der Waals surface area contributed by atoms with Crippen LogP contribution in [0.1, 0.15) is 31.9 Å². The average Bonchev–Trinajstić information content (AvgIpc) is 2.33. The quantitative estimate of drug-likeness (QED) is 0.601. The van der Waals surface area contributed by atoms with Gasteiger partial charge in [0.15, 0.2) is 5.78 Å². The first kappa shape index (κ1) is 16.0. The Bertz CT molecular complexity index is 586. The number of carbonyl (C=O) groups excluding carboxylic acids is 1. The lowest BCUT2D eigenvalue weighted by Crippen LogP contribution is -2.21. The number of nitrogens with zero attached hydrogens (tertiary/aromatic N) is 1. The fourth-order valence-electron chi connectivity index (χ4n) is 1.52. The Balaban J connectivity index is 3.22. The Kier molecular flexibility index (Phi) is 4.39. The fraction of sp³-hybridized carbons (Fsp3) is 0.333. The van der Waals surface area contributed by atoms with Gasteiger partial charge in [-0.15, -0.1) is 0 Å². The molecule has 0 saturated carbocycles. The van der Waals surface area contributed by atoms with Crippen LogP contribution in [0.4, 0.5) is 13.2 Å². The van der Waals surface area contributed by atoms with Gasteiger partial charge in [0, 0.05) is 5.41 Å². The Hall–Kier alpha value is -2.09. The fourth-order valence-corrected chi connectivity index (χ4v) is 1.52. The van der Waals surface area contributed by atoms with Crippen LogP contribution in [0.3, 0.4) is 0 Å². The summed E-state index contributed by atoms with van der Waals surface area (Å²) in [6.07, 6.45) is -3.27. The number of Topliss-reactive ketones (excluding diaryl/α,β-unsaturated/α-hetero) is 1. The summed E-state index contributed by atoms with van der Waals surface area (Å²) >= 11 is 0. The van der Waals surface area contributed by atoms with Crippen LogP contribution in [0.25, 0.3) is 6.08 Å². The molecule has 20 heavy (non-hydrogen) atoms. The number of ketones is 1. The maximum absolute atomic E-state index is 12.6. The van der Waals surface area contributed by atoms with Crippen LogP contribution in [0.5, 0.6) is 0 Å². The Morgan fingerprint density at radius 1 is 1.25 bits per heavy atom. The zero-order valence-corrected chi connectivity index (χ0v) is 11.4. The molecule has 0 radical (unpaired) electrons. The molecule has 0 aliphatic heterocycles. The highest BCUT2D eigenvalue weighted by Gasteiger charge is 2.30. The Labute approximate surface area is 115 Å². The maximum Gasteiger partial charge on any atom is 0.416 e. The first-order chi connectivity index (χ1) is 9.05. The topological polar surface area (TPSA) is 40.9 Å².